The van der Waals surface area contributed by atoms with E-state index in [0.29, 0.717) is 17.0 Å². The second-order valence-corrected chi connectivity index (χ2v) is 5.41. The number of hydrogen-bond donors (Lipinski definition) is 1. The summed E-state index contributed by atoms with van der Waals surface area (Å²) in [7, 11) is 1.62. The van der Waals surface area contributed by atoms with Gasteiger partial charge in [0.05, 0.1) is 24.1 Å². The molecule has 0 atom stereocenters. The van der Waals surface area contributed by atoms with Gasteiger partial charge in [-0.3, -0.25) is 4.98 Å². The number of phenolic OH excluding ortho intramolecular Hbond substituents is 1. The zero-order valence-electron chi connectivity index (χ0n) is 13.4. The molecule has 3 aromatic rings. The van der Waals surface area contributed by atoms with Crippen molar-refractivity contribution >= 4 is 0 Å². The number of aromatic nitrogens is 1. The van der Waals surface area contributed by atoms with Crippen LogP contribution in [-0.2, 0) is 0 Å². The smallest absolute Gasteiger partial charge is 0.118 e. The van der Waals surface area contributed by atoms with Crippen molar-refractivity contribution in [2.24, 2.45) is 0 Å². The van der Waals surface area contributed by atoms with Gasteiger partial charge in [0.2, 0.25) is 0 Å². The molecule has 0 saturated carbocycles. The van der Waals surface area contributed by atoms with Gasteiger partial charge in [0.15, 0.2) is 0 Å². The lowest BCUT2D eigenvalue weighted by molar-refractivity contribution is 0.415. The van der Waals surface area contributed by atoms with Crippen molar-refractivity contribution in [1.29, 1.82) is 5.26 Å². The van der Waals surface area contributed by atoms with E-state index in [0.717, 1.165) is 22.4 Å². The fourth-order valence-corrected chi connectivity index (χ4v) is 2.63. The van der Waals surface area contributed by atoms with Crippen LogP contribution in [0.15, 0.2) is 54.6 Å². The summed E-state index contributed by atoms with van der Waals surface area (Å²) in [6.45, 7) is 1.82. The number of nitrogens with zero attached hydrogens (tertiary/aromatic N) is 2. The molecule has 118 valence electrons. The highest BCUT2D eigenvalue weighted by atomic mass is 16.5. The minimum Gasteiger partial charge on any atom is -0.508 e. The van der Waals surface area contributed by atoms with Crippen molar-refractivity contribution in [1.82, 2.24) is 4.98 Å². The lowest BCUT2D eigenvalue weighted by atomic mass is 9.97. The van der Waals surface area contributed by atoms with Crippen molar-refractivity contribution in [3.05, 3.63) is 65.9 Å². The fourth-order valence-electron chi connectivity index (χ4n) is 2.63. The topological polar surface area (TPSA) is 66.1 Å². The molecule has 0 bridgehead atoms. The van der Waals surface area contributed by atoms with Gasteiger partial charge in [0.25, 0.3) is 0 Å². The second kappa shape index (κ2) is 6.43. The summed E-state index contributed by atoms with van der Waals surface area (Å²) in [5.74, 6) is 0.943. The first-order chi connectivity index (χ1) is 11.6. The van der Waals surface area contributed by atoms with E-state index >= 15 is 0 Å². The van der Waals surface area contributed by atoms with Crippen LogP contribution in [0.4, 0.5) is 0 Å². The predicted octanol–water partition coefficient (Wildman–Crippen LogP) is 4.31. The van der Waals surface area contributed by atoms with E-state index in [1.807, 2.05) is 43.3 Å². The summed E-state index contributed by atoms with van der Waals surface area (Å²) in [5.41, 5.74) is 4.45. The lowest BCUT2D eigenvalue weighted by Gasteiger charge is -2.11. The third-order valence-electron chi connectivity index (χ3n) is 3.86. The van der Waals surface area contributed by atoms with E-state index < -0.39 is 0 Å². The molecular weight excluding hydrogens is 300 g/mol. The number of phenols is 1. The quantitative estimate of drug-likeness (QED) is 0.782. The van der Waals surface area contributed by atoms with Crippen LogP contribution in [0.25, 0.3) is 22.4 Å². The monoisotopic (exact) mass is 316 g/mol. The molecule has 0 aliphatic rings. The zero-order chi connectivity index (χ0) is 17.1. The molecule has 0 spiro atoms. The molecular formula is C20H16N2O2. The largest absolute Gasteiger partial charge is 0.508 e. The molecule has 0 radical (unpaired) electrons. The average molecular weight is 316 g/mol. The number of benzene rings is 2. The Morgan fingerprint density at radius 1 is 1.04 bits per heavy atom. The molecule has 1 N–H and O–H groups in total. The van der Waals surface area contributed by atoms with E-state index in [2.05, 4.69) is 11.1 Å². The van der Waals surface area contributed by atoms with E-state index in [1.165, 1.54) is 0 Å². The Kier molecular flexibility index (Phi) is 4.17. The predicted molar refractivity (Wildman–Crippen MR) is 92.8 cm³/mol. The van der Waals surface area contributed by atoms with E-state index in [9.17, 15) is 10.4 Å². The molecule has 1 heterocycles. The molecule has 4 nitrogen and oxygen atoms in total. The summed E-state index contributed by atoms with van der Waals surface area (Å²) in [6.07, 6.45) is 0. The van der Waals surface area contributed by atoms with Crippen molar-refractivity contribution < 1.29 is 9.84 Å². The van der Waals surface area contributed by atoms with Crippen molar-refractivity contribution in [2.75, 3.05) is 7.11 Å². The van der Waals surface area contributed by atoms with Gasteiger partial charge in [0.1, 0.15) is 17.6 Å². The Morgan fingerprint density at radius 3 is 2.42 bits per heavy atom. The van der Waals surface area contributed by atoms with Crippen LogP contribution in [0.1, 0.15) is 11.3 Å². The maximum absolute atomic E-state index is 9.69. The van der Waals surface area contributed by atoms with Crippen molar-refractivity contribution in [3.8, 4) is 40.0 Å². The van der Waals surface area contributed by atoms with Crippen LogP contribution >= 0.6 is 0 Å². The Bertz CT molecular complexity index is 925. The number of aryl methyl sites for hydroxylation is 1. The number of rotatable bonds is 3. The molecule has 0 fully saturated rings. The number of ether oxygens (including phenoxy) is 1. The summed E-state index contributed by atoms with van der Waals surface area (Å²) in [5, 5.41) is 19.2. The average Bonchev–Trinajstić information content (AvgIpc) is 2.61. The van der Waals surface area contributed by atoms with Crippen LogP contribution in [-0.4, -0.2) is 17.2 Å². The van der Waals surface area contributed by atoms with Gasteiger partial charge in [-0.05, 0) is 42.8 Å². The van der Waals surface area contributed by atoms with E-state index in [4.69, 9.17) is 4.74 Å². The molecule has 0 amide bonds. The third kappa shape index (κ3) is 2.92. The normalized spacial score (nSPS) is 10.2. The van der Waals surface area contributed by atoms with Crippen LogP contribution in [0.5, 0.6) is 11.5 Å². The minimum atomic E-state index is 0.183. The first-order valence-corrected chi connectivity index (χ1v) is 7.48. The van der Waals surface area contributed by atoms with Gasteiger partial charge >= 0.3 is 0 Å². The molecule has 4 heteroatoms. The number of methoxy groups -OCH3 is 1. The van der Waals surface area contributed by atoms with Gasteiger partial charge in [-0.25, -0.2) is 0 Å². The molecule has 3 rings (SSSR count). The molecule has 0 unspecified atom stereocenters. The first kappa shape index (κ1) is 15.6. The Morgan fingerprint density at radius 2 is 1.79 bits per heavy atom. The highest BCUT2D eigenvalue weighted by Crippen LogP contribution is 2.31. The Labute approximate surface area is 140 Å². The van der Waals surface area contributed by atoms with Gasteiger partial charge < -0.3 is 9.84 Å². The van der Waals surface area contributed by atoms with E-state index in [-0.39, 0.29) is 5.75 Å². The summed E-state index contributed by atoms with van der Waals surface area (Å²) < 4.78 is 5.19. The molecule has 24 heavy (non-hydrogen) atoms. The highest BCUT2D eigenvalue weighted by molar-refractivity contribution is 5.77. The van der Waals surface area contributed by atoms with Gasteiger partial charge in [-0.1, -0.05) is 24.3 Å². The summed E-state index contributed by atoms with van der Waals surface area (Å²) in [6, 6.07) is 18.6. The van der Waals surface area contributed by atoms with Crippen LogP contribution in [0, 0.1) is 18.3 Å². The SMILES string of the molecule is COc1ccc(-c2cc(-c3cccc(O)c3)nc(C)c2C#N)cc1. The maximum Gasteiger partial charge on any atom is 0.118 e. The minimum absolute atomic E-state index is 0.183. The fraction of sp³-hybridized carbons (Fsp3) is 0.100. The summed E-state index contributed by atoms with van der Waals surface area (Å²) >= 11 is 0. The Hall–Kier alpha value is -3.32. The number of pyridine rings is 1. The van der Waals surface area contributed by atoms with Crippen LogP contribution < -0.4 is 4.74 Å². The number of nitriles is 1. The Balaban J connectivity index is 2.18. The molecule has 0 aliphatic carbocycles. The highest BCUT2D eigenvalue weighted by Gasteiger charge is 2.13. The van der Waals surface area contributed by atoms with E-state index in [1.54, 1.807) is 25.3 Å². The first-order valence-electron chi connectivity index (χ1n) is 7.48. The standard InChI is InChI=1S/C20H16N2O2/c1-13-19(12-21)18(14-6-8-17(24-2)9-7-14)11-20(22-13)15-4-3-5-16(23)10-15/h3-11,23H,1-2H3. The van der Waals surface area contributed by atoms with Gasteiger partial charge in [0, 0.05) is 11.1 Å². The third-order valence-corrected chi connectivity index (χ3v) is 3.86. The summed E-state index contributed by atoms with van der Waals surface area (Å²) in [4.78, 5) is 4.52. The number of aromatic hydroxyl groups is 1. The van der Waals surface area contributed by atoms with Crippen LogP contribution in [0.3, 0.4) is 0 Å². The van der Waals surface area contributed by atoms with Crippen molar-refractivity contribution in [3.63, 3.8) is 0 Å². The van der Waals surface area contributed by atoms with Gasteiger partial charge in [-0.2, -0.15) is 5.26 Å². The number of hydrogen-bond acceptors (Lipinski definition) is 4. The molecule has 2 aromatic carbocycles. The molecule has 1 aromatic heterocycles. The zero-order valence-corrected chi connectivity index (χ0v) is 13.4. The van der Waals surface area contributed by atoms with Gasteiger partial charge in [-0.15, -0.1) is 0 Å². The molecule has 0 saturated heterocycles. The van der Waals surface area contributed by atoms with Crippen LogP contribution in [0.2, 0.25) is 0 Å². The maximum atomic E-state index is 9.69. The second-order valence-electron chi connectivity index (χ2n) is 5.41. The lowest BCUT2D eigenvalue weighted by Crippen LogP contribution is -1.96. The van der Waals surface area contributed by atoms with Crippen molar-refractivity contribution in [2.45, 2.75) is 6.92 Å². The molecule has 0 aliphatic heterocycles.